The molecule has 0 spiro atoms. The zero-order chi connectivity index (χ0) is 13.8. The second-order valence-corrected chi connectivity index (χ2v) is 5.31. The highest BCUT2D eigenvalue weighted by Gasteiger charge is 2.46. The summed E-state index contributed by atoms with van der Waals surface area (Å²) in [5, 5.41) is 30.0. The molecule has 3 atom stereocenters. The van der Waals surface area contributed by atoms with Crippen LogP contribution in [0.4, 0.5) is 0 Å². The van der Waals surface area contributed by atoms with Crippen LogP contribution >= 0.6 is 24.8 Å². The van der Waals surface area contributed by atoms with Gasteiger partial charge in [0.1, 0.15) is 5.54 Å². The minimum Gasteiger partial charge on any atom is -0.480 e. The third kappa shape index (κ3) is 5.75. The molecule has 20 heavy (non-hydrogen) atoms. The Kier molecular flexibility index (Phi) is 10.9. The molecule has 6 nitrogen and oxygen atoms in total. The molecule has 0 aromatic rings. The van der Waals surface area contributed by atoms with Gasteiger partial charge >= 0.3 is 13.1 Å². The van der Waals surface area contributed by atoms with Crippen molar-refractivity contribution in [2.24, 2.45) is 17.6 Å². The summed E-state index contributed by atoms with van der Waals surface area (Å²) in [5.41, 5.74) is 4.86. The van der Waals surface area contributed by atoms with Gasteiger partial charge < -0.3 is 26.2 Å². The normalized spacial score (nSPS) is 29.0. The lowest BCUT2D eigenvalue weighted by Gasteiger charge is -2.41. The molecule has 0 bridgehead atoms. The van der Waals surface area contributed by atoms with Crippen molar-refractivity contribution >= 4 is 37.9 Å². The fraction of sp³-hybridized carbons (Fsp3) is 0.909. The Labute approximate surface area is 132 Å². The van der Waals surface area contributed by atoms with Gasteiger partial charge in [-0.05, 0) is 45.1 Å². The topological polar surface area (TPSA) is 116 Å². The molecule has 0 saturated heterocycles. The van der Waals surface area contributed by atoms with E-state index < -0.39 is 18.6 Å². The lowest BCUT2D eigenvalue weighted by molar-refractivity contribution is -0.148. The highest BCUT2D eigenvalue weighted by atomic mass is 35.5. The second-order valence-electron chi connectivity index (χ2n) is 5.31. The molecule has 0 aliphatic heterocycles. The van der Waals surface area contributed by atoms with Crippen LogP contribution in [0.2, 0.25) is 6.32 Å². The molecule has 1 aliphatic rings. The number of hydrogen-bond acceptors (Lipinski definition) is 5. The van der Waals surface area contributed by atoms with Crippen LogP contribution in [0, 0.1) is 11.8 Å². The summed E-state index contributed by atoms with van der Waals surface area (Å²) in [6.07, 6.45) is 2.94. The van der Waals surface area contributed by atoms with Crippen molar-refractivity contribution in [3.63, 3.8) is 0 Å². The molecule has 1 aliphatic carbocycles. The van der Waals surface area contributed by atoms with Gasteiger partial charge in [0.25, 0.3) is 0 Å². The van der Waals surface area contributed by atoms with Crippen LogP contribution in [-0.4, -0.2) is 47.4 Å². The standard InChI is InChI=1S/C11H23BN2O4.2ClH/c1-14-7-9-3-2-8(4-5-12(17)18)6-11(9,13)10(15)16;;/h8-9,14,17-18H,2-7,13H2,1H3,(H,15,16);2*1H. The number of nitrogens with two attached hydrogens (primary N) is 1. The Hall–Kier alpha value is -0.0451. The van der Waals surface area contributed by atoms with Crippen molar-refractivity contribution < 1.29 is 19.9 Å². The van der Waals surface area contributed by atoms with Crippen LogP contribution in [0.25, 0.3) is 0 Å². The van der Waals surface area contributed by atoms with Crippen LogP contribution in [-0.2, 0) is 4.79 Å². The average molecular weight is 331 g/mol. The number of aliphatic carboxylic acids is 1. The third-order valence-corrected chi connectivity index (χ3v) is 3.96. The fourth-order valence-electron chi connectivity index (χ4n) is 2.86. The highest BCUT2D eigenvalue weighted by Crippen LogP contribution is 2.37. The maximum Gasteiger partial charge on any atom is 0.451 e. The maximum atomic E-state index is 11.4. The van der Waals surface area contributed by atoms with Crippen molar-refractivity contribution in [3.8, 4) is 0 Å². The van der Waals surface area contributed by atoms with Crippen molar-refractivity contribution in [1.82, 2.24) is 5.32 Å². The molecule has 0 amide bonds. The van der Waals surface area contributed by atoms with Gasteiger partial charge in [-0.15, -0.1) is 24.8 Å². The van der Waals surface area contributed by atoms with E-state index in [4.69, 9.17) is 15.8 Å². The van der Waals surface area contributed by atoms with Gasteiger partial charge in [0.2, 0.25) is 0 Å². The number of halogens is 2. The van der Waals surface area contributed by atoms with Gasteiger partial charge in [-0.25, -0.2) is 0 Å². The lowest BCUT2D eigenvalue weighted by atomic mass is 9.66. The first-order valence-electron chi connectivity index (χ1n) is 6.43. The molecule has 0 heterocycles. The Bertz CT molecular complexity index is 300. The van der Waals surface area contributed by atoms with Crippen molar-refractivity contribution in [2.45, 2.75) is 37.5 Å². The minimum atomic E-state index is -1.32. The molecule has 1 saturated carbocycles. The van der Waals surface area contributed by atoms with E-state index in [9.17, 15) is 9.90 Å². The van der Waals surface area contributed by atoms with Crippen LogP contribution < -0.4 is 11.1 Å². The van der Waals surface area contributed by atoms with E-state index >= 15 is 0 Å². The summed E-state index contributed by atoms with van der Waals surface area (Å²) in [5.74, 6) is -0.881. The first-order valence-corrected chi connectivity index (χ1v) is 6.43. The molecular weight excluding hydrogens is 306 g/mol. The Balaban J connectivity index is 0. The van der Waals surface area contributed by atoms with E-state index in [1.165, 1.54) is 0 Å². The number of carboxylic acid groups (broad SMARTS) is 1. The van der Waals surface area contributed by atoms with E-state index in [2.05, 4.69) is 5.32 Å². The third-order valence-electron chi connectivity index (χ3n) is 3.96. The zero-order valence-electron chi connectivity index (χ0n) is 11.6. The molecule has 6 N–H and O–H groups in total. The van der Waals surface area contributed by atoms with Gasteiger partial charge in [-0.3, -0.25) is 4.79 Å². The molecule has 9 heteroatoms. The van der Waals surface area contributed by atoms with Crippen LogP contribution in [0.3, 0.4) is 0 Å². The van der Waals surface area contributed by atoms with E-state index in [1.54, 1.807) is 7.05 Å². The minimum absolute atomic E-state index is 0. The molecule has 1 fully saturated rings. The SMILES string of the molecule is CNCC1CCC(CCB(O)O)CC1(N)C(=O)O.Cl.Cl. The Morgan fingerprint density at radius 2 is 2.00 bits per heavy atom. The largest absolute Gasteiger partial charge is 0.480 e. The summed E-state index contributed by atoms with van der Waals surface area (Å²) < 4.78 is 0. The summed E-state index contributed by atoms with van der Waals surface area (Å²) in [6.45, 7) is 0.595. The Morgan fingerprint density at radius 3 is 2.45 bits per heavy atom. The lowest BCUT2D eigenvalue weighted by Crippen LogP contribution is -2.59. The van der Waals surface area contributed by atoms with Gasteiger partial charge in [0.15, 0.2) is 0 Å². The zero-order valence-corrected chi connectivity index (χ0v) is 13.3. The van der Waals surface area contributed by atoms with Gasteiger partial charge in [-0.2, -0.15) is 0 Å². The van der Waals surface area contributed by atoms with E-state index in [-0.39, 0.29) is 43.0 Å². The number of hydrogen-bond donors (Lipinski definition) is 5. The number of carbonyl (C=O) groups is 1. The molecule has 120 valence electrons. The van der Waals surface area contributed by atoms with E-state index in [0.717, 1.165) is 12.8 Å². The van der Waals surface area contributed by atoms with Crippen LogP contribution in [0.5, 0.6) is 0 Å². The first-order chi connectivity index (χ1) is 8.40. The molecule has 0 aromatic carbocycles. The predicted octanol–water partition coefficient (Wildman–Crippen LogP) is 0.111. The quantitative estimate of drug-likeness (QED) is 0.441. The van der Waals surface area contributed by atoms with Gasteiger partial charge in [-0.1, -0.05) is 6.42 Å². The summed E-state index contributed by atoms with van der Waals surface area (Å²) in [7, 11) is 0.466. The second kappa shape index (κ2) is 9.81. The van der Waals surface area contributed by atoms with Gasteiger partial charge in [0.05, 0.1) is 0 Å². The summed E-state index contributed by atoms with van der Waals surface area (Å²) in [4.78, 5) is 11.4. The molecule has 0 aromatic heterocycles. The highest BCUT2D eigenvalue weighted by molar-refractivity contribution is 6.40. The molecule has 3 unspecified atom stereocenters. The maximum absolute atomic E-state index is 11.4. The summed E-state index contributed by atoms with van der Waals surface area (Å²) in [6, 6.07) is 0. The molecule has 1 rings (SSSR count). The molecular formula is C11H25BCl2N2O4. The van der Waals surface area contributed by atoms with Crippen molar-refractivity contribution in [3.05, 3.63) is 0 Å². The monoisotopic (exact) mass is 330 g/mol. The summed E-state index contributed by atoms with van der Waals surface area (Å²) >= 11 is 0. The average Bonchev–Trinajstić information content (AvgIpc) is 2.29. The smallest absolute Gasteiger partial charge is 0.451 e. The first kappa shape index (κ1) is 22.2. The van der Waals surface area contributed by atoms with E-state index in [1.807, 2.05) is 0 Å². The van der Waals surface area contributed by atoms with Crippen LogP contribution in [0.15, 0.2) is 0 Å². The van der Waals surface area contributed by atoms with Crippen LogP contribution in [0.1, 0.15) is 25.7 Å². The van der Waals surface area contributed by atoms with Crippen molar-refractivity contribution in [2.75, 3.05) is 13.6 Å². The van der Waals surface area contributed by atoms with Gasteiger partial charge in [0, 0.05) is 5.92 Å². The number of rotatable bonds is 6. The number of carboxylic acids is 1. The number of nitrogens with one attached hydrogen (secondary N) is 1. The van der Waals surface area contributed by atoms with Crippen molar-refractivity contribution in [1.29, 1.82) is 0 Å². The predicted molar refractivity (Wildman–Crippen MR) is 83.4 cm³/mol. The fourth-order valence-corrected chi connectivity index (χ4v) is 2.86. The molecule has 0 radical (unpaired) electrons. The Morgan fingerprint density at radius 1 is 1.40 bits per heavy atom. The van der Waals surface area contributed by atoms with E-state index in [0.29, 0.717) is 19.4 Å².